The zero-order valence-electron chi connectivity index (χ0n) is 31.9. The third-order valence-electron chi connectivity index (χ3n) is 7.86. The van der Waals surface area contributed by atoms with E-state index in [1.165, 1.54) is 51.4 Å². The minimum atomic E-state index is -0.823. The number of ether oxygens (including phenoxy) is 2. The highest BCUT2D eigenvalue weighted by Gasteiger charge is 2.15. The van der Waals surface area contributed by atoms with E-state index < -0.39 is 6.10 Å². The Hall–Kier alpha value is -3.18. The van der Waals surface area contributed by atoms with E-state index in [4.69, 9.17) is 9.47 Å². The van der Waals surface area contributed by atoms with Crippen LogP contribution in [-0.4, -0.2) is 36.4 Å². The summed E-state index contributed by atoms with van der Waals surface area (Å²) in [7, 11) is 0. The Labute approximate surface area is 307 Å². The SMILES string of the molecule is CC/C=C/C/C=C/C/C=C/C/C=C/CCCCC(=O)OC[C@H](CO)OC(=O)CCC/C=C/C/C=C/C/C=C/C/C=C/CCCCCCCCC. The first-order valence-electron chi connectivity index (χ1n) is 19.8. The van der Waals surface area contributed by atoms with Crippen LogP contribution in [0.1, 0.15) is 155 Å². The monoisotopic (exact) mass is 693 g/mol. The molecule has 0 fully saturated rings. The van der Waals surface area contributed by atoms with Gasteiger partial charge in [-0.3, -0.25) is 9.59 Å². The predicted octanol–water partition coefficient (Wildman–Crippen LogP) is 12.5. The molecule has 0 spiro atoms. The quantitative estimate of drug-likeness (QED) is 0.0413. The topological polar surface area (TPSA) is 72.8 Å². The number of rotatable bonds is 34. The standard InChI is InChI=1S/C45H72O5/c1-3-5-7-9-11-13-15-17-19-20-21-22-23-24-26-28-30-32-34-36-38-40-45(48)50-43(41-46)42-49-44(47)39-37-35-33-31-29-27-25-18-16-14-12-10-8-6-4-2/h6,8,12,14,18-20,22-23,25-26,28-29,31-32,34,43,46H,3-5,7,9-11,13,15-17,21,24,27,30,33,35-42H2,1-2H3/b8-6+,14-12+,20-19+,23-22+,25-18+,28-26+,31-29+,34-32+/t43-/m0/s1. The molecule has 1 atom stereocenters. The van der Waals surface area contributed by atoms with Crippen molar-refractivity contribution < 1.29 is 24.2 Å². The van der Waals surface area contributed by atoms with Crippen molar-refractivity contribution in [3.63, 3.8) is 0 Å². The molecule has 0 aromatic carbocycles. The highest BCUT2D eigenvalue weighted by Crippen LogP contribution is 2.09. The lowest BCUT2D eigenvalue weighted by Crippen LogP contribution is -2.28. The summed E-state index contributed by atoms with van der Waals surface area (Å²) in [6.45, 7) is 3.92. The van der Waals surface area contributed by atoms with E-state index in [1.54, 1.807) is 0 Å². The second kappa shape index (κ2) is 40.3. The Morgan fingerprint density at radius 2 is 0.880 bits per heavy atom. The summed E-state index contributed by atoms with van der Waals surface area (Å²) in [4.78, 5) is 24.2. The Bertz CT molecular complexity index is 1010. The summed E-state index contributed by atoms with van der Waals surface area (Å²) >= 11 is 0. The number of carbonyl (C=O) groups excluding carboxylic acids is 2. The van der Waals surface area contributed by atoms with E-state index in [1.807, 2.05) is 0 Å². The van der Waals surface area contributed by atoms with Gasteiger partial charge in [0, 0.05) is 12.8 Å². The molecule has 50 heavy (non-hydrogen) atoms. The lowest BCUT2D eigenvalue weighted by molar-refractivity contribution is -0.161. The summed E-state index contributed by atoms with van der Waals surface area (Å²) in [5, 5.41) is 9.54. The zero-order chi connectivity index (χ0) is 36.4. The lowest BCUT2D eigenvalue weighted by Gasteiger charge is -2.15. The average Bonchev–Trinajstić information content (AvgIpc) is 3.12. The largest absolute Gasteiger partial charge is 0.462 e. The third-order valence-corrected chi connectivity index (χ3v) is 7.86. The minimum Gasteiger partial charge on any atom is -0.462 e. The third kappa shape index (κ3) is 37.6. The Kier molecular flexibility index (Phi) is 37.7. The minimum absolute atomic E-state index is 0.116. The molecule has 0 aromatic heterocycles. The molecule has 0 saturated heterocycles. The maximum Gasteiger partial charge on any atom is 0.306 e. The molecule has 0 heterocycles. The van der Waals surface area contributed by atoms with Gasteiger partial charge in [0.05, 0.1) is 6.61 Å². The van der Waals surface area contributed by atoms with Crippen LogP contribution in [0, 0.1) is 0 Å². The first-order chi connectivity index (χ1) is 24.6. The fourth-order valence-corrected chi connectivity index (χ4v) is 4.89. The summed E-state index contributed by atoms with van der Waals surface area (Å²) < 4.78 is 10.5. The van der Waals surface area contributed by atoms with Crippen LogP contribution in [-0.2, 0) is 19.1 Å². The average molecular weight is 693 g/mol. The Morgan fingerprint density at radius 3 is 1.36 bits per heavy atom. The van der Waals surface area contributed by atoms with Crippen molar-refractivity contribution in [1.82, 2.24) is 0 Å². The molecule has 0 bridgehead atoms. The summed E-state index contributed by atoms with van der Waals surface area (Å²) in [5.74, 6) is -0.716. The van der Waals surface area contributed by atoms with Gasteiger partial charge in [-0.1, -0.05) is 150 Å². The Balaban J connectivity index is 3.76. The van der Waals surface area contributed by atoms with Gasteiger partial charge in [0.1, 0.15) is 6.61 Å². The van der Waals surface area contributed by atoms with Crippen LogP contribution in [0.25, 0.3) is 0 Å². The summed E-state index contributed by atoms with van der Waals surface area (Å²) in [6.07, 6.45) is 56.2. The van der Waals surface area contributed by atoms with Crippen molar-refractivity contribution in [2.75, 3.05) is 13.2 Å². The zero-order valence-corrected chi connectivity index (χ0v) is 31.9. The number of esters is 2. The highest BCUT2D eigenvalue weighted by atomic mass is 16.6. The van der Waals surface area contributed by atoms with Gasteiger partial charge in [0.25, 0.3) is 0 Å². The molecular formula is C45H72O5. The maximum absolute atomic E-state index is 12.2. The van der Waals surface area contributed by atoms with Crippen LogP contribution < -0.4 is 0 Å². The molecule has 0 aliphatic heterocycles. The van der Waals surface area contributed by atoms with Crippen LogP contribution in [0.3, 0.4) is 0 Å². The van der Waals surface area contributed by atoms with Gasteiger partial charge in [0.2, 0.25) is 0 Å². The van der Waals surface area contributed by atoms with E-state index in [9.17, 15) is 14.7 Å². The molecule has 0 aliphatic rings. The fraction of sp³-hybridized carbons (Fsp3) is 0.600. The number of hydrogen-bond donors (Lipinski definition) is 1. The molecule has 0 aromatic rings. The van der Waals surface area contributed by atoms with Gasteiger partial charge in [-0.25, -0.2) is 0 Å². The highest BCUT2D eigenvalue weighted by molar-refractivity contribution is 5.70. The second-order valence-corrected chi connectivity index (χ2v) is 12.6. The molecule has 0 unspecified atom stereocenters. The van der Waals surface area contributed by atoms with Gasteiger partial charge in [0.15, 0.2) is 6.10 Å². The van der Waals surface area contributed by atoms with Crippen LogP contribution >= 0.6 is 0 Å². The molecule has 5 heteroatoms. The molecule has 282 valence electrons. The van der Waals surface area contributed by atoms with E-state index in [-0.39, 0.29) is 31.6 Å². The Morgan fingerprint density at radius 1 is 0.480 bits per heavy atom. The van der Waals surface area contributed by atoms with Crippen molar-refractivity contribution in [3.05, 3.63) is 97.2 Å². The van der Waals surface area contributed by atoms with Crippen molar-refractivity contribution in [2.45, 2.75) is 161 Å². The van der Waals surface area contributed by atoms with E-state index in [0.717, 1.165) is 70.6 Å². The molecular weight excluding hydrogens is 620 g/mol. The summed E-state index contributed by atoms with van der Waals surface area (Å²) in [6, 6.07) is 0. The number of carbonyl (C=O) groups is 2. The fourth-order valence-electron chi connectivity index (χ4n) is 4.89. The molecule has 5 nitrogen and oxygen atoms in total. The predicted molar refractivity (Wildman–Crippen MR) is 214 cm³/mol. The number of aliphatic hydroxyl groups is 1. The van der Waals surface area contributed by atoms with Gasteiger partial charge < -0.3 is 14.6 Å². The van der Waals surface area contributed by atoms with Crippen molar-refractivity contribution >= 4 is 11.9 Å². The van der Waals surface area contributed by atoms with Gasteiger partial charge in [-0.2, -0.15) is 0 Å². The molecule has 0 amide bonds. The molecule has 0 saturated carbocycles. The lowest BCUT2D eigenvalue weighted by atomic mass is 10.1. The normalized spacial score (nSPS) is 13.3. The molecule has 0 radical (unpaired) electrons. The van der Waals surface area contributed by atoms with E-state index in [0.29, 0.717) is 12.8 Å². The second-order valence-electron chi connectivity index (χ2n) is 12.6. The smallest absolute Gasteiger partial charge is 0.306 e. The first kappa shape index (κ1) is 46.8. The van der Waals surface area contributed by atoms with E-state index in [2.05, 4.69) is 111 Å². The van der Waals surface area contributed by atoms with Crippen LogP contribution in [0.2, 0.25) is 0 Å². The van der Waals surface area contributed by atoms with Gasteiger partial charge in [-0.05, 0) is 89.9 Å². The first-order valence-corrected chi connectivity index (χ1v) is 19.8. The van der Waals surface area contributed by atoms with Crippen molar-refractivity contribution in [3.8, 4) is 0 Å². The number of allylic oxidation sites excluding steroid dienone is 16. The summed E-state index contributed by atoms with van der Waals surface area (Å²) in [5.41, 5.74) is 0. The van der Waals surface area contributed by atoms with Crippen LogP contribution in [0.4, 0.5) is 0 Å². The number of unbranched alkanes of at least 4 members (excludes halogenated alkanes) is 10. The molecule has 0 aliphatic carbocycles. The van der Waals surface area contributed by atoms with Crippen molar-refractivity contribution in [1.29, 1.82) is 0 Å². The van der Waals surface area contributed by atoms with Gasteiger partial charge >= 0.3 is 11.9 Å². The van der Waals surface area contributed by atoms with Crippen LogP contribution in [0.5, 0.6) is 0 Å². The van der Waals surface area contributed by atoms with E-state index >= 15 is 0 Å². The van der Waals surface area contributed by atoms with Crippen LogP contribution in [0.15, 0.2) is 97.2 Å². The number of aliphatic hydroxyl groups excluding tert-OH is 1. The number of hydrogen-bond acceptors (Lipinski definition) is 5. The molecule has 0 rings (SSSR count). The molecule has 1 N–H and O–H groups in total. The van der Waals surface area contributed by atoms with Crippen molar-refractivity contribution in [2.24, 2.45) is 0 Å². The van der Waals surface area contributed by atoms with Gasteiger partial charge in [-0.15, -0.1) is 0 Å². The maximum atomic E-state index is 12.2.